The van der Waals surface area contributed by atoms with Crippen LogP contribution in [-0.4, -0.2) is 46.3 Å². The number of benzene rings is 2. The molecule has 0 fully saturated rings. The second kappa shape index (κ2) is 9.60. The smallest absolute Gasteiger partial charge is 0.253 e. The average molecular weight is 411 g/mol. The molecular formula is C22H26N4O2S. The molecule has 1 aromatic heterocycles. The second-order valence-corrected chi connectivity index (χ2v) is 7.72. The van der Waals surface area contributed by atoms with Crippen LogP contribution in [0.2, 0.25) is 0 Å². The van der Waals surface area contributed by atoms with Crippen molar-refractivity contribution in [1.29, 1.82) is 0 Å². The maximum atomic E-state index is 12.4. The van der Waals surface area contributed by atoms with Gasteiger partial charge in [0.25, 0.3) is 5.91 Å². The Balaban J connectivity index is 1.70. The molecule has 0 aliphatic heterocycles. The van der Waals surface area contributed by atoms with Gasteiger partial charge in [0.15, 0.2) is 5.16 Å². The van der Waals surface area contributed by atoms with E-state index in [0.717, 1.165) is 46.7 Å². The molecule has 7 heteroatoms. The van der Waals surface area contributed by atoms with Crippen LogP contribution in [0.1, 0.15) is 35.1 Å². The van der Waals surface area contributed by atoms with Gasteiger partial charge in [-0.2, -0.15) is 0 Å². The van der Waals surface area contributed by atoms with E-state index < -0.39 is 0 Å². The predicted molar refractivity (Wildman–Crippen MR) is 116 cm³/mol. The summed E-state index contributed by atoms with van der Waals surface area (Å²) in [5.74, 6) is 2.44. The molecule has 2 aromatic carbocycles. The summed E-state index contributed by atoms with van der Waals surface area (Å²) in [4.78, 5) is 14.1. The van der Waals surface area contributed by atoms with E-state index in [0.29, 0.717) is 5.56 Å². The Hall–Kier alpha value is -2.80. The van der Waals surface area contributed by atoms with Crippen LogP contribution >= 0.6 is 11.8 Å². The summed E-state index contributed by atoms with van der Waals surface area (Å²) in [5.41, 5.74) is 2.84. The molecule has 152 valence electrons. The van der Waals surface area contributed by atoms with E-state index in [1.165, 1.54) is 0 Å². The largest absolute Gasteiger partial charge is 0.497 e. The highest BCUT2D eigenvalue weighted by Crippen LogP contribution is 2.26. The number of aromatic nitrogens is 3. The van der Waals surface area contributed by atoms with E-state index in [2.05, 4.69) is 17.1 Å². The zero-order chi connectivity index (χ0) is 20.8. The molecule has 0 saturated carbocycles. The number of methoxy groups -OCH3 is 1. The molecule has 1 heterocycles. The summed E-state index contributed by atoms with van der Waals surface area (Å²) in [5, 5.41) is 9.38. The summed E-state index contributed by atoms with van der Waals surface area (Å²) in [6.07, 6.45) is 0.950. The molecule has 0 aliphatic carbocycles. The number of carbonyl (C=O) groups is 1. The third kappa shape index (κ3) is 4.98. The first-order chi connectivity index (χ1) is 14.0. The fourth-order valence-electron chi connectivity index (χ4n) is 3.01. The minimum Gasteiger partial charge on any atom is -0.497 e. The highest BCUT2D eigenvalue weighted by atomic mass is 32.2. The van der Waals surface area contributed by atoms with Crippen molar-refractivity contribution < 1.29 is 9.53 Å². The van der Waals surface area contributed by atoms with E-state index in [-0.39, 0.29) is 5.91 Å². The van der Waals surface area contributed by atoms with Crippen LogP contribution in [0.25, 0.3) is 5.69 Å². The van der Waals surface area contributed by atoms with Crippen LogP contribution in [0, 0.1) is 6.92 Å². The summed E-state index contributed by atoms with van der Waals surface area (Å²) >= 11 is 1.62. The van der Waals surface area contributed by atoms with Gasteiger partial charge in [0.1, 0.15) is 11.6 Å². The van der Waals surface area contributed by atoms with Crippen molar-refractivity contribution in [3.63, 3.8) is 0 Å². The van der Waals surface area contributed by atoms with Gasteiger partial charge < -0.3 is 9.64 Å². The van der Waals surface area contributed by atoms with E-state index in [1.807, 2.05) is 67.1 Å². The quantitative estimate of drug-likeness (QED) is 0.517. The van der Waals surface area contributed by atoms with Gasteiger partial charge in [-0.25, -0.2) is 0 Å². The molecule has 0 unspecified atom stereocenters. The Labute approximate surface area is 175 Å². The lowest BCUT2D eigenvalue weighted by Gasteiger charge is -2.16. The van der Waals surface area contributed by atoms with Gasteiger partial charge in [0.2, 0.25) is 0 Å². The lowest BCUT2D eigenvalue weighted by atomic mass is 10.1. The van der Waals surface area contributed by atoms with Gasteiger partial charge in [-0.15, -0.1) is 10.2 Å². The number of nitrogens with zero attached hydrogens (tertiary/aromatic N) is 4. The molecule has 1 amide bonds. The number of hydrogen-bond acceptors (Lipinski definition) is 5. The third-order valence-corrected chi connectivity index (χ3v) is 5.60. The maximum Gasteiger partial charge on any atom is 0.253 e. The Bertz CT molecular complexity index is 952. The fourth-order valence-corrected chi connectivity index (χ4v) is 3.97. The monoisotopic (exact) mass is 410 g/mol. The van der Waals surface area contributed by atoms with Gasteiger partial charge in [-0.1, -0.05) is 30.8 Å². The molecular weight excluding hydrogens is 384 g/mol. The Morgan fingerprint density at radius 2 is 1.79 bits per heavy atom. The lowest BCUT2D eigenvalue weighted by Crippen LogP contribution is -2.27. The predicted octanol–water partition coefficient (Wildman–Crippen LogP) is 4.36. The molecule has 0 saturated heterocycles. The molecule has 0 bridgehead atoms. The molecule has 3 rings (SSSR count). The lowest BCUT2D eigenvalue weighted by molar-refractivity contribution is 0.0795. The summed E-state index contributed by atoms with van der Waals surface area (Å²) in [7, 11) is 3.49. The Kier molecular flexibility index (Phi) is 6.93. The number of amides is 1. The molecule has 3 aromatic rings. The molecule has 0 atom stereocenters. The van der Waals surface area contributed by atoms with Crippen molar-refractivity contribution in [2.75, 3.05) is 20.7 Å². The van der Waals surface area contributed by atoms with Crippen molar-refractivity contribution >= 4 is 17.7 Å². The van der Waals surface area contributed by atoms with E-state index in [9.17, 15) is 4.79 Å². The molecule has 29 heavy (non-hydrogen) atoms. The second-order valence-electron chi connectivity index (χ2n) is 6.78. The van der Waals surface area contributed by atoms with E-state index >= 15 is 0 Å². The summed E-state index contributed by atoms with van der Waals surface area (Å²) in [6.45, 7) is 4.77. The minimum absolute atomic E-state index is 0.0564. The van der Waals surface area contributed by atoms with Gasteiger partial charge in [-0.3, -0.25) is 9.36 Å². The number of carbonyl (C=O) groups excluding carboxylic acids is 1. The molecule has 0 radical (unpaired) electrons. The van der Waals surface area contributed by atoms with Crippen LogP contribution in [-0.2, 0) is 5.75 Å². The SMILES string of the molecule is CCCN(C)C(=O)c1ccc(CSc2nnc(C)n2-c2ccc(OC)cc2)cc1. The Morgan fingerprint density at radius 1 is 1.10 bits per heavy atom. The normalized spacial score (nSPS) is 10.8. The zero-order valence-corrected chi connectivity index (χ0v) is 18.1. The molecule has 0 N–H and O–H groups in total. The molecule has 0 spiro atoms. The number of thioether (sulfide) groups is 1. The maximum absolute atomic E-state index is 12.4. The van der Waals surface area contributed by atoms with Crippen LogP contribution in [0.4, 0.5) is 0 Å². The third-order valence-electron chi connectivity index (χ3n) is 4.60. The van der Waals surface area contributed by atoms with Gasteiger partial charge in [0.05, 0.1) is 7.11 Å². The zero-order valence-electron chi connectivity index (χ0n) is 17.3. The number of aryl methyl sites for hydroxylation is 1. The first-order valence-corrected chi connectivity index (χ1v) is 10.6. The average Bonchev–Trinajstić information content (AvgIpc) is 3.12. The highest BCUT2D eigenvalue weighted by Gasteiger charge is 2.13. The van der Waals surface area contributed by atoms with Gasteiger partial charge >= 0.3 is 0 Å². The number of rotatable bonds is 8. The Morgan fingerprint density at radius 3 is 2.41 bits per heavy atom. The van der Waals surface area contributed by atoms with Crippen LogP contribution < -0.4 is 4.74 Å². The van der Waals surface area contributed by atoms with Crippen molar-refractivity contribution in [1.82, 2.24) is 19.7 Å². The summed E-state index contributed by atoms with van der Waals surface area (Å²) in [6, 6.07) is 15.6. The van der Waals surface area contributed by atoms with Crippen molar-refractivity contribution in [2.45, 2.75) is 31.2 Å². The van der Waals surface area contributed by atoms with Crippen molar-refractivity contribution in [3.05, 3.63) is 65.5 Å². The van der Waals surface area contributed by atoms with Gasteiger partial charge in [-0.05, 0) is 55.3 Å². The standard InChI is InChI=1S/C22H26N4O2S/c1-5-14-25(3)21(27)18-8-6-17(7-9-18)15-29-22-24-23-16(2)26(22)19-10-12-20(28-4)13-11-19/h6-13H,5,14-15H2,1-4H3. The van der Waals surface area contributed by atoms with Gasteiger partial charge in [0, 0.05) is 30.6 Å². The van der Waals surface area contributed by atoms with Crippen LogP contribution in [0.3, 0.4) is 0 Å². The minimum atomic E-state index is 0.0564. The van der Waals surface area contributed by atoms with E-state index in [4.69, 9.17) is 4.74 Å². The highest BCUT2D eigenvalue weighted by molar-refractivity contribution is 7.98. The van der Waals surface area contributed by atoms with Crippen LogP contribution in [0.15, 0.2) is 53.7 Å². The molecule has 0 aliphatic rings. The molecule has 6 nitrogen and oxygen atoms in total. The van der Waals surface area contributed by atoms with Crippen molar-refractivity contribution in [3.8, 4) is 11.4 Å². The van der Waals surface area contributed by atoms with Crippen molar-refractivity contribution in [2.24, 2.45) is 0 Å². The first kappa shape index (κ1) is 20.9. The van der Waals surface area contributed by atoms with E-state index in [1.54, 1.807) is 23.8 Å². The number of hydrogen-bond donors (Lipinski definition) is 0. The van der Waals surface area contributed by atoms with Crippen LogP contribution in [0.5, 0.6) is 5.75 Å². The summed E-state index contributed by atoms with van der Waals surface area (Å²) < 4.78 is 7.26. The first-order valence-electron chi connectivity index (χ1n) is 9.57. The number of ether oxygens (including phenoxy) is 1. The fraction of sp³-hybridized carbons (Fsp3) is 0.318. The topological polar surface area (TPSA) is 60.2 Å².